The number of hydrogen-bond donors (Lipinski definition) is 2. The van der Waals surface area contributed by atoms with Crippen molar-refractivity contribution in [1.29, 1.82) is 0 Å². The van der Waals surface area contributed by atoms with Gasteiger partial charge in [-0.15, -0.1) is 0 Å². The number of carboxylic acid groups (broad SMARTS) is 1. The molecule has 1 aliphatic heterocycles. The molecule has 2 atom stereocenters. The lowest BCUT2D eigenvalue weighted by Gasteiger charge is -2.12. The molecule has 17 heavy (non-hydrogen) atoms. The van der Waals surface area contributed by atoms with E-state index < -0.39 is 12.0 Å². The van der Waals surface area contributed by atoms with Crippen LogP contribution in [0.2, 0.25) is 5.02 Å². The maximum absolute atomic E-state index is 10.8. The molecule has 0 aliphatic carbocycles. The summed E-state index contributed by atoms with van der Waals surface area (Å²) in [5, 5.41) is 12.2. The smallest absolute Gasteiger partial charge is 0.320 e. The second-order valence-corrected chi connectivity index (χ2v) is 5.01. The van der Waals surface area contributed by atoms with Crippen molar-refractivity contribution in [2.45, 2.75) is 18.6 Å². The molecule has 5 nitrogen and oxygen atoms in total. The molecule has 0 aromatic carbocycles. The van der Waals surface area contributed by atoms with Gasteiger partial charge in [0.1, 0.15) is 12.1 Å². The van der Waals surface area contributed by atoms with Crippen molar-refractivity contribution in [1.82, 2.24) is 10.3 Å². The Morgan fingerprint density at radius 1 is 1.71 bits per heavy atom. The Morgan fingerprint density at radius 2 is 2.47 bits per heavy atom. The third-order valence-electron chi connectivity index (χ3n) is 2.44. The lowest BCUT2D eigenvalue weighted by molar-refractivity contribution is -0.139. The first kappa shape index (κ1) is 12.6. The van der Waals surface area contributed by atoms with E-state index in [0.717, 1.165) is 0 Å². The number of aromatic nitrogens is 1. The van der Waals surface area contributed by atoms with Gasteiger partial charge in [-0.2, -0.15) is 0 Å². The van der Waals surface area contributed by atoms with E-state index in [-0.39, 0.29) is 6.10 Å². The summed E-state index contributed by atoms with van der Waals surface area (Å²) < 4.78 is 6.26. The molecule has 0 amide bonds. The molecule has 1 fully saturated rings. The quantitative estimate of drug-likeness (QED) is 0.886. The molecule has 7 heteroatoms. The lowest BCUT2D eigenvalue weighted by Crippen LogP contribution is -2.30. The van der Waals surface area contributed by atoms with Gasteiger partial charge in [-0.05, 0) is 22.0 Å². The van der Waals surface area contributed by atoms with Crippen LogP contribution in [0.25, 0.3) is 0 Å². The van der Waals surface area contributed by atoms with Gasteiger partial charge in [0.05, 0.1) is 9.50 Å². The topological polar surface area (TPSA) is 71.5 Å². The van der Waals surface area contributed by atoms with E-state index in [1.807, 2.05) is 0 Å². The minimum atomic E-state index is -0.862. The maximum atomic E-state index is 10.8. The minimum Gasteiger partial charge on any atom is -0.480 e. The van der Waals surface area contributed by atoms with Gasteiger partial charge in [-0.25, -0.2) is 4.98 Å². The Hall–Kier alpha value is -0.850. The number of hydrogen-bond acceptors (Lipinski definition) is 4. The summed E-state index contributed by atoms with van der Waals surface area (Å²) in [6, 6.07) is 1.13. The van der Waals surface area contributed by atoms with E-state index in [4.69, 9.17) is 21.4 Å². The fourth-order valence-corrected chi connectivity index (χ4v) is 2.36. The Bertz CT molecular complexity index is 444. The van der Waals surface area contributed by atoms with E-state index in [1.54, 1.807) is 6.07 Å². The van der Waals surface area contributed by atoms with Crippen LogP contribution in [0.1, 0.15) is 6.42 Å². The molecule has 2 N–H and O–H groups in total. The van der Waals surface area contributed by atoms with Crippen molar-refractivity contribution < 1.29 is 14.6 Å². The highest BCUT2D eigenvalue weighted by Gasteiger charge is 2.30. The van der Waals surface area contributed by atoms with E-state index >= 15 is 0 Å². The van der Waals surface area contributed by atoms with Crippen LogP contribution >= 0.6 is 27.5 Å². The fourth-order valence-electron chi connectivity index (χ4n) is 1.63. The number of rotatable bonds is 3. The molecular formula is C10H10BrClN2O3. The van der Waals surface area contributed by atoms with Crippen LogP contribution in [0.4, 0.5) is 0 Å². The molecule has 0 saturated carbocycles. The molecule has 1 saturated heterocycles. The Morgan fingerprint density at radius 3 is 3.06 bits per heavy atom. The molecule has 2 heterocycles. The van der Waals surface area contributed by atoms with Gasteiger partial charge in [-0.1, -0.05) is 11.6 Å². The molecule has 0 spiro atoms. The SMILES string of the molecule is O=C(O)C1CC(Oc2ncc(Cl)cc2Br)CN1. The Kier molecular flexibility index (Phi) is 3.86. The van der Waals surface area contributed by atoms with Crippen LogP contribution in [-0.2, 0) is 4.79 Å². The number of aliphatic carboxylic acids is 1. The second kappa shape index (κ2) is 5.20. The highest BCUT2D eigenvalue weighted by molar-refractivity contribution is 9.10. The second-order valence-electron chi connectivity index (χ2n) is 3.72. The normalized spacial score (nSPS) is 23.6. The fraction of sp³-hybridized carbons (Fsp3) is 0.400. The standard InChI is InChI=1S/C10H10BrClN2O3/c11-7-1-5(12)3-14-9(7)17-6-2-8(10(15)16)13-4-6/h1,3,6,8,13H,2,4H2,(H,15,16). The predicted molar refractivity (Wildman–Crippen MR) is 65.4 cm³/mol. The van der Waals surface area contributed by atoms with Gasteiger partial charge in [0.25, 0.3) is 0 Å². The van der Waals surface area contributed by atoms with Crippen LogP contribution in [0.3, 0.4) is 0 Å². The van der Waals surface area contributed by atoms with E-state index in [9.17, 15) is 4.79 Å². The molecule has 2 rings (SSSR count). The minimum absolute atomic E-state index is 0.193. The van der Waals surface area contributed by atoms with Crippen LogP contribution in [-0.4, -0.2) is 34.8 Å². The van der Waals surface area contributed by atoms with Crippen molar-refractivity contribution >= 4 is 33.5 Å². The van der Waals surface area contributed by atoms with Crippen molar-refractivity contribution in [2.75, 3.05) is 6.54 Å². The first-order valence-corrected chi connectivity index (χ1v) is 6.17. The number of carbonyl (C=O) groups is 1. The molecule has 1 aromatic rings. The number of carboxylic acids is 1. The Balaban J connectivity index is 2.00. The van der Waals surface area contributed by atoms with Crippen molar-refractivity contribution in [3.63, 3.8) is 0 Å². The van der Waals surface area contributed by atoms with Crippen LogP contribution in [0, 0.1) is 0 Å². The molecule has 1 aliphatic rings. The molecule has 1 aromatic heterocycles. The summed E-state index contributed by atoms with van der Waals surface area (Å²) in [4.78, 5) is 14.8. The third kappa shape index (κ3) is 3.08. The molecule has 2 unspecified atom stereocenters. The number of pyridine rings is 1. The van der Waals surface area contributed by atoms with Crippen LogP contribution < -0.4 is 10.1 Å². The summed E-state index contributed by atoms with van der Waals surface area (Å²) >= 11 is 9.05. The van der Waals surface area contributed by atoms with Crippen molar-refractivity contribution in [3.8, 4) is 5.88 Å². The van der Waals surface area contributed by atoms with Gasteiger partial charge in [0.15, 0.2) is 0 Å². The zero-order valence-corrected chi connectivity index (χ0v) is 11.0. The third-order valence-corrected chi connectivity index (χ3v) is 3.22. The summed E-state index contributed by atoms with van der Waals surface area (Å²) in [7, 11) is 0. The van der Waals surface area contributed by atoms with E-state index in [2.05, 4.69) is 26.2 Å². The van der Waals surface area contributed by atoms with E-state index in [1.165, 1.54) is 6.20 Å². The molecule has 0 radical (unpaired) electrons. The summed E-state index contributed by atoms with van der Waals surface area (Å²) in [6.45, 7) is 0.494. The summed E-state index contributed by atoms with van der Waals surface area (Å²) in [5.74, 6) is -0.438. The number of halogens is 2. The van der Waals surface area contributed by atoms with Gasteiger partial charge in [0, 0.05) is 19.2 Å². The monoisotopic (exact) mass is 320 g/mol. The summed E-state index contributed by atoms with van der Waals surface area (Å²) in [6.07, 6.45) is 1.71. The molecule has 92 valence electrons. The first-order valence-electron chi connectivity index (χ1n) is 5.00. The number of nitrogens with zero attached hydrogens (tertiary/aromatic N) is 1. The Labute approximate surface area is 111 Å². The highest BCUT2D eigenvalue weighted by atomic mass is 79.9. The van der Waals surface area contributed by atoms with Crippen LogP contribution in [0.15, 0.2) is 16.7 Å². The van der Waals surface area contributed by atoms with Gasteiger partial charge in [-0.3, -0.25) is 4.79 Å². The summed E-state index contributed by atoms with van der Waals surface area (Å²) in [5.41, 5.74) is 0. The largest absolute Gasteiger partial charge is 0.480 e. The number of nitrogens with one attached hydrogen (secondary N) is 1. The zero-order valence-electron chi connectivity index (χ0n) is 8.69. The lowest BCUT2D eigenvalue weighted by atomic mass is 10.2. The molecule has 0 bridgehead atoms. The van der Waals surface area contributed by atoms with Crippen LogP contribution in [0.5, 0.6) is 5.88 Å². The first-order chi connectivity index (χ1) is 8.06. The maximum Gasteiger partial charge on any atom is 0.320 e. The highest BCUT2D eigenvalue weighted by Crippen LogP contribution is 2.27. The zero-order chi connectivity index (χ0) is 12.4. The van der Waals surface area contributed by atoms with Crippen molar-refractivity contribution in [3.05, 3.63) is 21.8 Å². The predicted octanol–water partition coefficient (Wildman–Crippen LogP) is 1.69. The average molecular weight is 322 g/mol. The van der Waals surface area contributed by atoms with Gasteiger partial charge < -0.3 is 15.2 Å². The van der Waals surface area contributed by atoms with Gasteiger partial charge in [0.2, 0.25) is 5.88 Å². The molecular weight excluding hydrogens is 311 g/mol. The van der Waals surface area contributed by atoms with Crippen molar-refractivity contribution in [2.24, 2.45) is 0 Å². The van der Waals surface area contributed by atoms with Gasteiger partial charge >= 0.3 is 5.97 Å². The average Bonchev–Trinajstić information content (AvgIpc) is 2.71. The van der Waals surface area contributed by atoms with E-state index in [0.29, 0.717) is 28.3 Å². The number of ether oxygens (including phenoxy) is 1.